The summed E-state index contributed by atoms with van der Waals surface area (Å²) < 4.78 is 114. The number of carbonyl (C=O) groups is 1. The monoisotopic (exact) mass is 2080 g/mol. The summed E-state index contributed by atoms with van der Waals surface area (Å²) in [5.74, 6) is 0.171. The molecule has 6 fully saturated rings. The molecule has 20 heterocycles. The molecule has 5 aliphatic heterocycles. The van der Waals surface area contributed by atoms with Gasteiger partial charge in [0.2, 0.25) is 68.5 Å². The normalized spacial score (nSPS) is 16.5. The van der Waals surface area contributed by atoms with Crippen LogP contribution in [0, 0.1) is 95.4 Å². The molecule has 758 valence electrons. The molecule has 0 unspecified atom stereocenters. The smallest absolute Gasteiger partial charge is 0.254 e. The Morgan fingerprint density at radius 2 is 0.673 bits per heavy atom. The highest BCUT2D eigenvalue weighted by atomic mass is 32.2. The molecule has 6 aliphatic rings. The number of rotatable bonds is 26. The van der Waals surface area contributed by atoms with Gasteiger partial charge in [-0.05, 0) is 88.4 Å². The number of likely N-dealkylation sites (tertiary alicyclic amines) is 1. The predicted molar refractivity (Wildman–Crippen MR) is 555 cm³/mol. The maximum absolute atomic E-state index is 12.8. The average Bonchev–Trinajstić information content (AvgIpc) is 1.40. The number of sulfonamides is 4. The summed E-state index contributed by atoms with van der Waals surface area (Å²) in [6.07, 6.45) is 37.5. The Kier molecular flexibility index (Phi) is 27.7. The van der Waals surface area contributed by atoms with Gasteiger partial charge in [-0.1, -0.05) is 45.4 Å². The number of fused-ring (bicyclic) bond motifs is 5. The second kappa shape index (κ2) is 40.5. The van der Waals surface area contributed by atoms with Gasteiger partial charge >= 0.3 is 0 Å². The number of pyridine rings is 5. The van der Waals surface area contributed by atoms with Crippen LogP contribution in [0.2, 0.25) is 0 Å². The molecule has 5 saturated heterocycles. The van der Waals surface area contributed by atoms with Gasteiger partial charge < -0.3 is 29.8 Å². The zero-order valence-corrected chi connectivity index (χ0v) is 85.3. The van der Waals surface area contributed by atoms with E-state index in [0.717, 1.165) is 83.4 Å². The van der Waals surface area contributed by atoms with Crippen LogP contribution in [0.25, 0.3) is 135 Å². The van der Waals surface area contributed by atoms with Crippen LogP contribution in [0.3, 0.4) is 0 Å². The van der Waals surface area contributed by atoms with E-state index < -0.39 is 72.5 Å². The van der Waals surface area contributed by atoms with E-state index in [4.69, 9.17) is 32.9 Å². The minimum Gasteiger partial charge on any atom is -0.346 e. The van der Waals surface area contributed by atoms with E-state index in [9.17, 15) is 64.8 Å². The molecule has 0 bridgehead atoms. The molecular formula is C102H97N35O9S4. The third-order valence-electron chi connectivity index (χ3n) is 27.8. The SMILES string of the molecule is [C-]#[N+]c1cnc2[nH]ccc2c1-c1cnn(C2(CC#N)CN(C(=O)c3ccccc3)C2)c1.[C-]#[N+]c1cnc2[nH]ccc2c1-c1cnn(C2(CC#N)CN(S(=O)(=O)C(C)(C)C)C2)c1.[C-]#[N+]c1cnc2[nH]ccc2c1-c1cnn(C2(CC#N)CN(S(=O)(=O)C3CC3)C2)c1.[C-]#[N+]c1cnc2[nH]ccc2c1-c1cnn(C2(CC#N)CN(S(=O)(=O)CC(C)C)C2)c1.[C-]#[N+]c1cnc2[nH]ccc2c1-c1cnn(C2(CC#N)CN(S(=O)(=O)CCCC)C2)c1. The fourth-order valence-electron chi connectivity index (χ4n) is 19.6. The molecule has 44 nitrogen and oxygen atoms in total. The number of carbonyl (C=O) groups excluding carboxylic acids is 1. The molecule has 1 amide bonds. The molecule has 1 aliphatic carbocycles. The number of unbranched alkanes of at least 4 members (excludes halogenated alkanes) is 1. The van der Waals surface area contributed by atoms with Crippen molar-refractivity contribution in [2.24, 2.45) is 5.92 Å². The second-order valence-corrected chi connectivity index (χ2v) is 48.3. The van der Waals surface area contributed by atoms with E-state index in [2.05, 4.69) is 130 Å². The summed E-state index contributed by atoms with van der Waals surface area (Å²) in [6, 6.07) is 29.4. The fraction of sp³-hybridized carbons (Fsp3) is 0.343. The minimum absolute atomic E-state index is 0.0276. The number of aromatic amines is 5. The summed E-state index contributed by atoms with van der Waals surface area (Å²) in [6.45, 7) is 50.7. The first-order valence-electron chi connectivity index (χ1n) is 47.6. The van der Waals surface area contributed by atoms with Crippen LogP contribution in [-0.2, 0) is 67.8 Å². The van der Waals surface area contributed by atoms with Crippen molar-refractivity contribution in [3.8, 4) is 86.0 Å². The van der Waals surface area contributed by atoms with Gasteiger partial charge in [-0.2, -0.15) is 69.0 Å². The summed E-state index contributed by atoms with van der Waals surface area (Å²) in [4.78, 5) is 69.0. The zero-order chi connectivity index (χ0) is 106. The number of hydrogen-bond acceptors (Lipinski definition) is 24. The van der Waals surface area contributed by atoms with Gasteiger partial charge in [-0.15, -0.1) is 0 Å². The Morgan fingerprint density at radius 1 is 0.400 bits per heavy atom. The van der Waals surface area contributed by atoms with Gasteiger partial charge in [0, 0.05) is 247 Å². The van der Waals surface area contributed by atoms with Crippen molar-refractivity contribution in [3.63, 3.8) is 0 Å². The lowest BCUT2D eigenvalue weighted by atomic mass is 9.86. The Labute approximate surface area is 862 Å². The first kappa shape index (κ1) is 103. The van der Waals surface area contributed by atoms with Gasteiger partial charge in [0.1, 0.15) is 55.9 Å². The van der Waals surface area contributed by atoms with Crippen molar-refractivity contribution in [1.29, 1.82) is 26.3 Å². The second-order valence-electron chi connectivity index (χ2n) is 39.3. The molecule has 0 spiro atoms. The van der Waals surface area contributed by atoms with Crippen LogP contribution in [0.4, 0.5) is 28.4 Å². The van der Waals surface area contributed by atoms with Crippen LogP contribution >= 0.6 is 0 Å². The molecule has 0 radical (unpaired) electrons. The summed E-state index contributed by atoms with van der Waals surface area (Å²) >= 11 is 0. The van der Waals surface area contributed by atoms with Crippen molar-refractivity contribution in [2.45, 2.75) is 137 Å². The van der Waals surface area contributed by atoms with Crippen LogP contribution in [0.5, 0.6) is 0 Å². The summed E-state index contributed by atoms with van der Waals surface area (Å²) in [5.41, 5.74) is 10.1. The number of H-pyrrole nitrogens is 5. The van der Waals surface area contributed by atoms with E-state index in [1.807, 2.05) is 75.5 Å². The Bertz CT molecular complexity index is 8910. The highest BCUT2D eigenvalue weighted by Crippen LogP contribution is 2.49. The molecular weight excluding hydrogens is 1990 g/mol. The quantitative estimate of drug-likeness (QED) is 0.0314. The van der Waals surface area contributed by atoms with Gasteiger partial charge in [-0.25, -0.2) is 57.9 Å². The fourth-order valence-corrected chi connectivity index (χ4v) is 26.9. The van der Waals surface area contributed by atoms with Crippen LogP contribution in [-0.4, -0.2) is 247 Å². The topological polar surface area (TPSA) is 543 Å². The molecule has 150 heavy (non-hydrogen) atoms. The van der Waals surface area contributed by atoms with Crippen molar-refractivity contribution in [2.75, 3.05) is 77.0 Å². The van der Waals surface area contributed by atoms with Crippen molar-refractivity contribution >= 4 is 130 Å². The number of nitriles is 5. The van der Waals surface area contributed by atoms with E-state index >= 15 is 0 Å². The number of aromatic nitrogens is 20. The lowest BCUT2D eigenvalue weighted by Crippen LogP contribution is -2.66. The Hall–Kier alpha value is -17.3. The van der Waals surface area contributed by atoms with Crippen LogP contribution in [0.15, 0.2) is 185 Å². The van der Waals surface area contributed by atoms with Gasteiger partial charge in [0.15, 0.2) is 0 Å². The third kappa shape index (κ3) is 19.0. The standard InChI is InChI=1S/C23H17N7O.3C20H21N7O2S.C19H17N7O2S/c1-25-19-12-27-21-18(7-10-26-21)20(19)17-11-28-30(13-17)23(8-9-24)14-29(15-23)22(31)16-5-3-2-4-6-16;1-19(2,3)30(28,29)26-12-20(13-26,6-7-21)27-11-14(9-25-27)17-15-5-8-23-18(15)24-10-16(17)22-4;1-14(2)11-30(28,29)26-12-20(13-26,5-6-21)27-10-15(8-25-27)18-16-4-7-23-19(16)24-9-17(18)22-3;1-3-4-9-30(28,29)26-13-20(14-26,6-7-21)27-12-15(10-25-27)18-16-5-8-23-19(16)24-11-17(18)22-2;1-21-16-9-23-18-15(4-7-22-18)17(16)13-8-24-26(10-13)19(5-6-20)11-25(12-19)29(27,28)14-2-3-14/h2-7,10-13H,8,14-15H2,(H,26,27);5,8-11H,6,12-13H2,1-3H3,(H,23,24);4,7-10,14H,5,11-13H2,1-2H3,(H,23,24);5,8,10-12H,3-4,6,9,13-14H2,1H3,(H,23,24);4,7-10,14H,2-3,5,11-12H2,(H,22,23). The highest BCUT2D eigenvalue weighted by molar-refractivity contribution is 7.90. The molecule has 48 heteroatoms. The first-order chi connectivity index (χ1) is 72.0. The molecule has 1 saturated carbocycles. The Morgan fingerprint density at radius 3 is 0.933 bits per heavy atom. The molecule has 16 aromatic rings. The number of hydrogen-bond donors (Lipinski definition) is 5. The third-order valence-corrected chi connectivity index (χ3v) is 36.6. The maximum atomic E-state index is 12.8. The summed E-state index contributed by atoms with van der Waals surface area (Å²) in [5, 5.41) is 73.1. The zero-order valence-electron chi connectivity index (χ0n) is 82.0. The van der Waals surface area contributed by atoms with E-state index in [-0.39, 0.29) is 113 Å². The van der Waals surface area contributed by atoms with E-state index in [0.29, 0.717) is 100 Å². The lowest BCUT2D eigenvalue weighted by Gasteiger charge is -2.49. The van der Waals surface area contributed by atoms with E-state index in [1.54, 1.807) is 154 Å². The van der Waals surface area contributed by atoms with Crippen molar-refractivity contribution < 1.29 is 38.5 Å². The molecule has 15 aromatic heterocycles. The molecule has 5 N–H and O–H groups in total. The lowest BCUT2D eigenvalue weighted by molar-refractivity contribution is 0.00858. The number of nitrogens with zero attached hydrogens (tertiary/aromatic N) is 30. The number of amides is 1. The highest BCUT2D eigenvalue weighted by Gasteiger charge is 2.57. The van der Waals surface area contributed by atoms with Crippen molar-refractivity contribution in [3.05, 3.63) is 247 Å². The summed E-state index contributed by atoms with van der Waals surface area (Å²) in [7, 11) is -13.5. The van der Waals surface area contributed by atoms with Gasteiger partial charge in [0.25, 0.3) is 5.91 Å². The molecule has 1 aromatic carbocycles. The minimum atomic E-state index is -3.48. The van der Waals surface area contributed by atoms with Crippen molar-refractivity contribution in [1.82, 2.24) is 121 Å². The maximum Gasteiger partial charge on any atom is 0.254 e. The van der Waals surface area contributed by atoms with Crippen LogP contribution in [0.1, 0.15) is 110 Å². The Balaban J connectivity index is 0.000000122. The largest absolute Gasteiger partial charge is 0.346 e. The molecule has 22 rings (SSSR count). The molecule has 0 atom stereocenters. The van der Waals surface area contributed by atoms with Crippen LogP contribution < -0.4 is 0 Å². The first-order valence-corrected chi connectivity index (χ1v) is 53.7. The van der Waals surface area contributed by atoms with E-state index in [1.165, 1.54) is 42.0 Å². The number of benzene rings is 1. The number of nitrogens with one attached hydrogen (secondary N) is 5. The van der Waals surface area contributed by atoms with Gasteiger partial charge in [-0.3, -0.25) is 53.1 Å². The predicted octanol–water partition coefficient (Wildman–Crippen LogP) is 15.1. The van der Waals surface area contributed by atoms with Gasteiger partial charge in [0.05, 0.1) is 148 Å². The average molecular weight is 2090 g/mol.